The zero-order chi connectivity index (χ0) is 85.3. The first-order valence-electron chi connectivity index (χ1n) is 39.4. The van der Waals surface area contributed by atoms with Crippen LogP contribution in [0.25, 0.3) is 127 Å². The van der Waals surface area contributed by atoms with Crippen molar-refractivity contribution in [2.24, 2.45) is 7.05 Å². The lowest BCUT2D eigenvalue weighted by molar-refractivity contribution is 0.606. The Bertz CT molecular complexity index is 6280. The molecule has 0 saturated heterocycles. The summed E-state index contributed by atoms with van der Waals surface area (Å²) in [4.78, 5) is 42.3. The van der Waals surface area contributed by atoms with Crippen molar-refractivity contribution in [2.45, 2.75) is 138 Å². The van der Waals surface area contributed by atoms with E-state index in [1.807, 2.05) is 105 Å². The van der Waals surface area contributed by atoms with E-state index < -0.39 is 0 Å². The molecular weight excluding hydrogens is 1610 g/mol. The van der Waals surface area contributed by atoms with Gasteiger partial charge in [-0.25, -0.2) is 34.9 Å². The average molecular weight is 1710 g/mol. The molecule has 0 aliphatic rings. The van der Waals surface area contributed by atoms with E-state index in [-0.39, 0.29) is 0 Å². The van der Waals surface area contributed by atoms with E-state index in [0.29, 0.717) is 82.2 Å². The summed E-state index contributed by atoms with van der Waals surface area (Å²) in [6.45, 7) is 30.3. The Morgan fingerprint density at radius 1 is 0.317 bits per heavy atom. The molecule has 19 aromatic heterocycles. The lowest BCUT2D eigenvalue weighted by Gasteiger charge is -2.07. The van der Waals surface area contributed by atoms with Gasteiger partial charge in [0.1, 0.15) is 46.3 Å². The fourth-order valence-electron chi connectivity index (χ4n) is 14.1. The number of anilines is 7. The van der Waals surface area contributed by atoms with Gasteiger partial charge in [-0.1, -0.05) is 109 Å². The molecule has 0 aliphatic carbocycles. The minimum atomic E-state index is 0.410. The normalized spacial score (nSPS) is 11.4. The third-order valence-corrected chi connectivity index (χ3v) is 26.6. The van der Waals surface area contributed by atoms with Crippen LogP contribution in [0.5, 0.6) is 0 Å². The molecule has 0 spiro atoms. The molecule has 0 amide bonds. The van der Waals surface area contributed by atoms with Crippen molar-refractivity contribution < 1.29 is 4.42 Å². The minimum absolute atomic E-state index is 0.410. The predicted octanol–water partition coefficient (Wildman–Crippen LogP) is 24.5. The van der Waals surface area contributed by atoms with Crippen molar-refractivity contribution in [3.63, 3.8) is 0 Å². The lowest BCUT2D eigenvalue weighted by Crippen LogP contribution is -1.95. The highest BCUT2D eigenvalue weighted by atomic mass is 32.1. The van der Waals surface area contributed by atoms with Crippen LogP contribution in [0.15, 0.2) is 197 Å². The second kappa shape index (κ2) is 37.8. The minimum Gasteiger partial charge on any atom is -0.464 e. The largest absolute Gasteiger partial charge is 0.464 e. The van der Waals surface area contributed by atoms with E-state index in [1.54, 1.807) is 122 Å². The van der Waals surface area contributed by atoms with Gasteiger partial charge in [0.25, 0.3) is 0 Å². The van der Waals surface area contributed by atoms with Gasteiger partial charge in [0, 0.05) is 211 Å². The van der Waals surface area contributed by atoms with E-state index in [1.165, 1.54) is 61.6 Å². The zero-order valence-electron chi connectivity index (χ0n) is 69.7. The Balaban J connectivity index is 0.000000122. The van der Waals surface area contributed by atoms with Crippen LogP contribution in [-0.4, -0.2) is 69.8 Å². The van der Waals surface area contributed by atoms with Gasteiger partial charge in [-0.2, -0.15) is 10.2 Å². The number of aromatic nitrogens is 14. The van der Waals surface area contributed by atoms with Gasteiger partial charge in [-0.05, 0) is 155 Å². The molecule has 120 heavy (non-hydrogen) atoms. The third-order valence-electron chi connectivity index (χ3n) is 20.4. The number of thiophene rings is 6. The van der Waals surface area contributed by atoms with Gasteiger partial charge in [0.15, 0.2) is 0 Å². The smallest absolute Gasteiger partial charge is 0.139 e. The van der Waals surface area contributed by atoms with Crippen LogP contribution in [-0.2, 0) is 7.05 Å². The number of H-pyrrole nitrogens is 1. The quantitative estimate of drug-likeness (QED) is 0.0563. The number of nitrogens with two attached hydrogens (primary N) is 7. The molecule has 19 heterocycles. The summed E-state index contributed by atoms with van der Waals surface area (Å²) >= 11 is 10.4. The van der Waals surface area contributed by atoms with Gasteiger partial charge < -0.3 is 44.6 Å². The van der Waals surface area contributed by atoms with E-state index in [2.05, 4.69) is 206 Å². The van der Waals surface area contributed by atoms with Crippen molar-refractivity contribution >= 4 is 180 Å². The number of fused-ring (bicyclic) bond motifs is 7. The van der Waals surface area contributed by atoms with E-state index in [0.717, 1.165) is 105 Å². The fraction of sp³-hybridized carbons (Fsp3) is 0.239. The number of aryl methyl sites for hydroxylation is 1. The predicted molar refractivity (Wildman–Crippen MR) is 511 cm³/mol. The maximum Gasteiger partial charge on any atom is 0.139 e. The van der Waals surface area contributed by atoms with Crippen LogP contribution in [0.1, 0.15) is 177 Å². The number of rotatable bonds is 12. The second-order valence-electron chi connectivity index (χ2n) is 31.0. The van der Waals surface area contributed by atoms with Crippen LogP contribution in [0, 0.1) is 0 Å². The lowest BCUT2D eigenvalue weighted by atomic mass is 10.0. The summed E-state index contributed by atoms with van der Waals surface area (Å²) in [5.74, 6) is 7.45. The molecule has 22 nitrogen and oxygen atoms in total. The Morgan fingerprint density at radius 3 is 1.05 bits per heavy atom. The van der Waals surface area contributed by atoms with Gasteiger partial charge in [-0.15, -0.1) is 68.0 Å². The van der Waals surface area contributed by atoms with Gasteiger partial charge in [0.05, 0.1) is 23.5 Å². The van der Waals surface area contributed by atoms with Crippen LogP contribution < -0.4 is 40.1 Å². The molecule has 0 aliphatic heterocycles. The number of nitrogens with one attached hydrogen (secondary N) is 1. The molecule has 0 bridgehead atoms. The van der Waals surface area contributed by atoms with Crippen LogP contribution in [0.3, 0.4) is 0 Å². The van der Waals surface area contributed by atoms with Crippen molar-refractivity contribution in [2.75, 3.05) is 40.1 Å². The first-order valence-corrected chi connectivity index (χ1v) is 44.7. The molecule has 0 unspecified atom stereocenters. The highest BCUT2D eigenvalue weighted by molar-refractivity contribution is 7.20. The van der Waals surface area contributed by atoms with Crippen LogP contribution >= 0.6 is 68.0 Å². The molecule has 0 saturated carbocycles. The summed E-state index contributed by atoms with van der Waals surface area (Å²) in [6.07, 6.45) is 30.9. The molecular formula is C92H99N21OS6. The fourth-order valence-corrected chi connectivity index (χ4v) is 21.5. The van der Waals surface area contributed by atoms with E-state index in [4.69, 9.17) is 44.6 Å². The first-order chi connectivity index (χ1) is 57.7. The molecule has 19 rings (SSSR count). The van der Waals surface area contributed by atoms with E-state index >= 15 is 0 Å². The van der Waals surface area contributed by atoms with Gasteiger partial charge in [-0.3, -0.25) is 24.7 Å². The molecule has 19 aromatic rings. The SMILES string of the molecule is CC(C)c1coc2ccnc(N)c12.CC(C)c1csc2c(-c3cccnc3)cnc(N)c12.CC(C)c1csc2c(-c3cccnc3)cnc(N)c12.CC(C)c1csc2c(-c3ccn[nH]3)cnc(N)c12.CC(C)c1csc2c(-c3ccncc3)cnc(N)c12.CC(C)c1csc2c(-c3cnn(C)c3)cnc(N)c12.CC(C)c1csc2ccnc(N)c12. The van der Waals surface area contributed by atoms with Crippen LogP contribution in [0.2, 0.25) is 0 Å². The Kier molecular flexibility index (Phi) is 27.0. The molecule has 28 heteroatoms. The Labute approximate surface area is 721 Å². The number of furan rings is 1. The summed E-state index contributed by atoms with van der Waals surface area (Å²) < 4.78 is 14.4. The van der Waals surface area contributed by atoms with E-state index in [9.17, 15) is 0 Å². The highest BCUT2D eigenvalue weighted by Gasteiger charge is 2.23. The monoisotopic (exact) mass is 1710 g/mol. The van der Waals surface area contributed by atoms with Gasteiger partial charge >= 0.3 is 0 Å². The number of pyridine rings is 10. The highest BCUT2D eigenvalue weighted by Crippen LogP contribution is 2.46. The van der Waals surface area contributed by atoms with Crippen molar-refractivity contribution in [3.05, 3.63) is 231 Å². The summed E-state index contributed by atoms with van der Waals surface area (Å²) in [7, 11) is 1.92. The molecule has 614 valence electrons. The Hall–Kier alpha value is -12.2. The number of hydrogen-bond donors (Lipinski definition) is 8. The van der Waals surface area contributed by atoms with Crippen molar-refractivity contribution in [1.29, 1.82) is 0 Å². The molecule has 0 atom stereocenters. The van der Waals surface area contributed by atoms with Crippen molar-refractivity contribution in [1.82, 2.24) is 69.8 Å². The first kappa shape index (κ1) is 85.7. The number of hydrogen-bond acceptors (Lipinski definition) is 26. The maximum absolute atomic E-state index is 6.07. The molecule has 0 radical (unpaired) electrons. The zero-order valence-corrected chi connectivity index (χ0v) is 74.6. The summed E-state index contributed by atoms with van der Waals surface area (Å²) in [5, 5.41) is 31.9. The molecule has 0 aromatic carbocycles. The summed E-state index contributed by atoms with van der Waals surface area (Å²) in [5.41, 5.74) is 62.4. The maximum atomic E-state index is 6.07. The standard InChI is InChI=1S/3C15H15N3S.C14H16N4S.C13H14N4S.C10H12N2O.C10H12N2S/c1-9(2)12-8-19-14-11(7-18-15(16)13(12)14)10-3-5-17-6-4-10;2*1-9(2)12-8-19-14-11(7-18-15(16)13(12)14)10-4-3-5-17-6-10;1-8(2)11-7-19-13-10(5-16-14(15)12(11)13)9-4-17-18(3)6-9;1-7(2)9-6-18-12-8(10-3-4-16-17-10)5-15-13(14)11(9)12;2*1-6(2)7-5-13-8-3-4-12-10(11)9(7)8/h3*3-9H,1-2H3,(H2,16,18);4-8H,1-3H3,(H2,15,16);3-7H,1-2H3,(H2,14,15)(H,16,17);2*3-6H,1-2H3,(H2,11,12). The van der Waals surface area contributed by atoms with Gasteiger partial charge in [0.2, 0.25) is 0 Å². The summed E-state index contributed by atoms with van der Waals surface area (Å²) in [6, 6.07) is 17.8. The molecule has 15 N–H and O–H groups in total. The van der Waals surface area contributed by atoms with Crippen LogP contribution in [0.4, 0.5) is 40.7 Å². The topological polar surface area (TPSA) is 371 Å². The number of nitrogens with zero attached hydrogens (tertiary/aromatic N) is 13. The second-order valence-corrected chi connectivity index (χ2v) is 36.3. The number of aromatic amines is 1. The molecule has 0 fully saturated rings. The number of nitrogen functional groups attached to an aromatic ring is 7. The Morgan fingerprint density at radius 2 is 0.675 bits per heavy atom. The third kappa shape index (κ3) is 18.3. The average Bonchev–Trinajstić information content (AvgIpc) is 1.63. The van der Waals surface area contributed by atoms with Crippen molar-refractivity contribution in [3.8, 4) is 55.8 Å².